The van der Waals surface area contributed by atoms with Crippen molar-refractivity contribution >= 4 is 23.5 Å². The van der Waals surface area contributed by atoms with Gasteiger partial charge in [0.15, 0.2) is 12.6 Å². The normalized spacial score (nSPS) is 14.6. The van der Waals surface area contributed by atoms with E-state index in [1.54, 1.807) is 0 Å². The first-order chi connectivity index (χ1) is 9.51. The number of carboxylic acids is 1. The summed E-state index contributed by atoms with van der Waals surface area (Å²) in [5, 5.41) is 22.3. The molecule has 0 bridgehead atoms. The SMILES string of the molecule is O=C1COc2ccc(C(=O)N[C@H](CO)C(=O)O)cc2N1. The van der Waals surface area contributed by atoms with Gasteiger partial charge in [-0.3, -0.25) is 9.59 Å². The van der Waals surface area contributed by atoms with Crippen LogP contribution in [0.2, 0.25) is 0 Å². The first kappa shape index (κ1) is 13.8. The second kappa shape index (κ2) is 5.57. The predicted octanol–water partition coefficient (Wildman–Crippen LogP) is -0.807. The second-order valence-corrected chi connectivity index (χ2v) is 4.09. The van der Waals surface area contributed by atoms with Gasteiger partial charge in [-0.1, -0.05) is 0 Å². The summed E-state index contributed by atoms with van der Waals surface area (Å²) in [5.74, 6) is -1.92. The molecule has 4 N–H and O–H groups in total. The number of hydrogen-bond donors (Lipinski definition) is 4. The van der Waals surface area contributed by atoms with Gasteiger partial charge in [-0.15, -0.1) is 0 Å². The van der Waals surface area contributed by atoms with Gasteiger partial charge in [-0.2, -0.15) is 0 Å². The highest BCUT2D eigenvalue weighted by atomic mass is 16.5. The van der Waals surface area contributed by atoms with Crippen LogP contribution in [-0.4, -0.2) is 47.3 Å². The lowest BCUT2D eigenvalue weighted by molar-refractivity contribution is -0.140. The maximum atomic E-state index is 11.8. The summed E-state index contributed by atoms with van der Waals surface area (Å²) in [7, 11) is 0. The number of amides is 2. The Bertz CT molecular complexity index is 571. The van der Waals surface area contributed by atoms with E-state index in [9.17, 15) is 14.4 Å². The number of hydrogen-bond acceptors (Lipinski definition) is 5. The molecule has 8 nitrogen and oxygen atoms in total. The van der Waals surface area contributed by atoms with Crippen molar-refractivity contribution in [2.75, 3.05) is 18.5 Å². The van der Waals surface area contributed by atoms with Crippen molar-refractivity contribution in [2.24, 2.45) is 0 Å². The van der Waals surface area contributed by atoms with Gasteiger partial charge >= 0.3 is 5.97 Å². The largest absolute Gasteiger partial charge is 0.482 e. The number of carboxylic acid groups (broad SMARTS) is 1. The molecule has 1 aromatic carbocycles. The summed E-state index contributed by atoms with van der Waals surface area (Å²) in [6, 6.07) is 2.92. The van der Waals surface area contributed by atoms with Crippen molar-refractivity contribution in [2.45, 2.75) is 6.04 Å². The highest BCUT2D eigenvalue weighted by molar-refractivity contribution is 6.00. The Morgan fingerprint density at radius 3 is 2.85 bits per heavy atom. The molecule has 106 valence electrons. The highest BCUT2D eigenvalue weighted by Gasteiger charge is 2.22. The first-order valence-corrected chi connectivity index (χ1v) is 5.72. The average molecular weight is 280 g/mol. The fraction of sp³-hybridized carbons (Fsp3) is 0.250. The van der Waals surface area contributed by atoms with Gasteiger partial charge in [0.2, 0.25) is 0 Å². The summed E-state index contributed by atoms with van der Waals surface area (Å²) >= 11 is 0. The van der Waals surface area contributed by atoms with Crippen LogP contribution < -0.4 is 15.4 Å². The molecule has 0 aromatic heterocycles. The molecule has 0 radical (unpaired) electrons. The van der Waals surface area contributed by atoms with E-state index in [-0.39, 0.29) is 18.1 Å². The van der Waals surface area contributed by atoms with Crippen LogP contribution in [0.4, 0.5) is 5.69 Å². The van der Waals surface area contributed by atoms with Crippen molar-refractivity contribution in [1.82, 2.24) is 5.32 Å². The maximum Gasteiger partial charge on any atom is 0.328 e. The Labute approximate surface area is 113 Å². The number of fused-ring (bicyclic) bond motifs is 1. The molecule has 2 amide bonds. The van der Waals surface area contributed by atoms with E-state index in [4.69, 9.17) is 14.9 Å². The van der Waals surface area contributed by atoms with Crippen molar-refractivity contribution in [3.63, 3.8) is 0 Å². The molecule has 8 heteroatoms. The van der Waals surface area contributed by atoms with Crippen LogP contribution in [0, 0.1) is 0 Å². The number of nitrogens with one attached hydrogen (secondary N) is 2. The number of benzene rings is 1. The molecular formula is C12H12N2O6. The summed E-state index contributed by atoms with van der Waals surface area (Å²) in [6.45, 7) is -0.810. The number of carbonyl (C=O) groups excluding carboxylic acids is 2. The van der Waals surface area contributed by atoms with Crippen molar-refractivity contribution < 1.29 is 29.3 Å². The quantitative estimate of drug-likeness (QED) is 0.572. The molecule has 1 heterocycles. The minimum Gasteiger partial charge on any atom is -0.482 e. The molecule has 1 aromatic rings. The van der Waals surface area contributed by atoms with E-state index in [1.807, 2.05) is 0 Å². The Balaban J connectivity index is 2.17. The number of rotatable bonds is 4. The Hall–Kier alpha value is -2.61. The third-order valence-corrected chi connectivity index (χ3v) is 2.66. The molecule has 1 aliphatic heterocycles. The van der Waals surface area contributed by atoms with Crippen LogP contribution in [-0.2, 0) is 9.59 Å². The van der Waals surface area contributed by atoms with Gasteiger partial charge in [-0.05, 0) is 18.2 Å². The van der Waals surface area contributed by atoms with Gasteiger partial charge in [0.25, 0.3) is 11.8 Å². The summed E-state index contributed by atoms with van der Waals surface area (Å²) < 4.78 is 5.13. The zero-order valence-electron chi connectivity index (χ0n) is 10.3. The van der Waals surface area contributed by atoms with Gasteiger partial charge in [0.1, 0.15) is 5.75 Å². The minimum absolute atomic E-state index is 0.0931. The molecule has 0 unspecified atom stereocenters. The third kappa shape index (κ3) is 2.86. The van der Waals surface area contributed by atoms with Crippen LogP contribution in [0.3, 0.4) is 0 Å². The zero-order chi connectivity index (χ0) is 14.7. The highest BCUT2D eigenvalue weighted by Crippen LogP contribution is 2.28. The van der Waals surface area contributed by atoms with Gasteiger partial charge in [0, 0.05) is 5.56 Å². The predicted molar refractivity (Wildman–Crippen MR) is 66.5 cm³/mol. The number of ether oxygens (including phenoxy) is 1. The van der Waals surface area contributed by atoms with Crippen LogP contribution in [0.5, 0.6) is 5.75 Å². The lowest BCUT2D eigenvalue weighted by Crippen LogP contribution is -2.43. The maximum absolute atomic E-state index is 11.8. The number of carbonyl (C=O) groups is 3. The molecule has 20 heavy (non-hydrogen) atoms. The zero-order valence-corrected chi connectivity index (χ0v) is 10.3. The Morgan fingerprint density at radius 1 is 1.45 bits per heavy atom. The van der Waals surface area contributed by atoms with E-state index >= 15 is 0 Å². The molecule has 0 aliphatic carbocycles. The van der Waals surface area contributed by atoms with E-state index < -0.39 is 24.5 Å². The van der Waals surface area contributed by atoms with E-state index in [0.717, 1.165) is 0 Å². The van der Waals surface area contributed by atoms with E-state index in [0.29, 0.717) is 11.4 Å². The van der Waals surface area contributed by atoms with Gasteiger partial charge < -0.3 is 25.6 Å². The lowest BCUT2D eigenvalue weighted by atomic mass is 10.1. The van der Waals surface area contributed by atoms with Crippen LogP contribution >= 0.6 is 0 Å². The fourth-order valence-electron chi connectivity index (χ4n) is 1.65. The smallest absolute Gasteiger partial charge is 0.328 e. The summed E-state index contributed by atoms with van der Waals surface area (Å²) in [6.07, 6.45) is 0. The van der Waals surface area contributed by atoms with Crippen molar-refractivity contribution in [1.29, 1.82) is 0 Å². The van der Waals surface area contributed by atoms with Crippen LogP contribution in [0.15, 0.2) is 18.2 Å². The molecule has 0 spiro atoms. The van der Waals surface area contributed by atoms with Gasteiger partial charge in [0.05, 0.1) is 12.3 Å². The van der Waals surface area contributed by atoms with Crippen LogP contribution in [0.25, 0.3) is 0 Å². The minimum atomic E-state index is -1.38. The number of aliphatic hydroxyl groups excluding tert-OH is 1. The topological polar surface area (TPSA) is 125 Å². The van der Waals surface area contributed by atoms with Crippen molar-refractivity contribution in [3.05, 3.63) is 23.8 Å². The third-order valence-electron chi connectivity index (χ3n) is 2.66. The van der Waals surface area contributed by atoms with Crippen molar-refractivity contribution in [3.8, 4) is 5.75 Å². The molecule has 2 rings (SSSR count). The lowest BCUT2D eigenvalue weighted by Gasteiger charge is -2.18. The standard InChI is InChI=1S/C12H12N2O6/c15-4-8(12(18)19)14-11(17)6-1-2-9-7(3-6)13-10(16)5-20-9/h1-3,8,15H,4-5H2,(H,13,16)(H,14,17)(H,18,19)/t8-/m1/s1. The summed E-state index contributed by atoms with van der Waals surface area (Å²) in [5.41, 5.74) is 0.485. The fourth-order valence-corrected chi connectivity index (χ4v) is 1.65. The number of aliphatic hydroxyl groups is 1. The van der Waals surface area contributed by atoms with Gasteiger partial charge in [-0.25, -0.2) is 4.79 Å². The van der Waals surface area contributed by atoms with Crippen LogP contribution in [0.1, 0.15) is 10.4 Å². The molecule has 1 aliphatic rings. The monoisotopic (exact) mass is 280 g/mol. The Morgan fingerprint density at radius 2 is 2.20 bits per heavy atom. The molecule has 0 fully saturated rings. The summed E-state index contributed by atoms with van der Waals surface area (Å²) in [4.78, 5) is 33.7. The molecule has 0 saturated carbocycles. The molecule has 0 saturated heterocycles. The first-order valence-electron chi connectivity index (χ1n) is 5.72. The molecular weight excluding hydrogens is 268 g/mol. The molecule has 1 atom stereocenters. The second-order valence-electron chi connectivity index (χ2n) is 4.09. The number of anilines is 1. The van der Waals surface area contributed by atoms with E-state index in [1.165, 1.54) is 18.2 Å². The number of aliphatic carboxylic acids is 1. The van der Waals surface area contributed by atoms with E-state index in [2.05, 4.69) is 10.6 Å². The Kier molecular flexibility index (Phi) is 3.85. The average Bonchev–Trinajstić information content (AvgIpc) is 2.43.